The lowest BCUT2D eigenvalue weighted by molar-refractivity contribution is -0.128. The van der Waals surface area contributed by atoms with Gasteiger partial charge in [-0.1, -0.05) is 41.6 Å². The van der Waals surface area contributed by atoms with E-state index in [1.807, 2.05) is 18.2 Å². The summed E-state index contributed by atoms with van der Waals surface area (Å²) < 4.78 is 5.40. The number of hydrogen-bond donors (Lipinski definition) is 1. The van der Waals surface area contributed by atoms with Crippen LogP contribution in [0, 0.1) is 0 Å². The molecule has 1 fully saturated rings. The molecule has 2 aromatic carbocycles. The third kappa shape index (κ3) is 4.93. The molecule has 0 spiro atoms. The molecule has 3 aromatic rings. The van der Waals surface area contributed by atoms with Crippen LogP contribution >= 0.6 is 23.4 Å². The zero-order valence-electron chi connectivity index (χ0n) is 15.8. The highest BCUT2D eigenvalue weighted by Gasteiger charge is 2.39. The summed E-state index contributed by atoms with van der Waals surface area (Å²) in [6.07, 6.45) is 1.61. The minimum atomic E-state index is -0.560. The van der Waals surface area contributed by atoms with E-state index >= 15 is 0 Å². The molecule has 0 bridgehead atoms. The number of halogens is 1. The highest BCUT2D eigenvalue weighted by atomic mass is 35.5. The molecule has 0 unspecified atom stereocenters. The number of furan rings is 1. The Bertz CT molecular complexity index is 1050. The molecule has 0 saturated carbocycles. The van der Waals surface area contributed by atoms with Gasteiger partial charge >= 0.3 is 0 Å². The highest BCUT2D eigenvalue weighted by molar-refractivity contribution is 8.15. The number of amidine groups is 1. The molecule has 1 N–H and O–H groups in total. The summed E-state index contributed by atoms with van der Waals surface area (Å²) in [7, 11) is 0. The molecule has 8 heteroatoms. The van der Waals surface area contributed by atoms with Crippen LogP contribution in [0.2, 0.25) is 5.02 Å². The van der Waals surface area contributed by atoms with Crippen LogP contribution in [0.15, 0.2) is 82.4 Å². The van der Waals surface area contributed by atoms with Crippen molar-refractivity contribution < 1.29 is 14.0 Å². The van der Waals surface area contributed by atoms with Gasteiger partial charge in [-0.15, -0.1) is 0 Å². The predicted octanol–water partition coefficient (Wildman–Crippen LogP) is 5.09. The second-order valence-corrected chi connectivity index (χ2v) is 8.21. The van der Waals surface area contributed by atoms with Crippen LogP contribution in [0.1, 0.15) is 12.2 Å². The smallest absolute Gasteiger partial charge is 0.243 e. The minimum Gasteiger partial charge on any atom is -0.467 e. The van der Waals surface area contributed by atoms with Gasteiger partial charge in [0.05, 0.1) is 18.5 Å². The second-order valence-electron chi connectivity index (χ2n) is 6.60. The molecule has 6 nitrogen and oxygen atoms in total. The number of thioether (sulfide) groups is 1. The number of amides is 2. The van der Waals surface area contributed by atoms with E-state index in [9.17, 15) is 9.59 Å². The van der Waals surface area contributed by atoms with E-state index in [2.05, 4.69) is 10.3 Å². The Morgan fingerprint density at radius 2 is 1.87 bits per heavy atom. The summed E-state index contributed by atoms with van der Waals surface area (Å²) in [6.45, 7) is 0.252. The fourth-order valence-corrected chi connectivity index (χ4v) is 4.24. The standard InChI is InChI=1S/C22H18ClN3O3S/c23-15-8-10-17(11-9-15)25-22-26(14-18-7-4-12-29-18)21(28)19(30-22)13-20(27)24-16-5-2-1-3-6-16/h1-12,19H,13-14H2,(H,24,27)/t19-/m1/s1. The van der Waals surface area contributed by atoms with Crippen LogP contribution in [0.5, 0.6) is 0 Å². The van der Waals surface area contributed by atoms with Crippen LogP contribution < -0.4 is 5.32 Å². The number of para-hydroxylation sites is 1. The Labute approximate surface area is 182 Å². The third-order valence-corrected chi connectivity index (χ3v) is 5.82. The van der Waals surface area contributed by atoms with Gasteiger partial charge in [0.25, 0.3) is 0 Å². The third-order valence-electron chi connectivity index (χ3n) is 4.39. The van der Waals surface area contributed by atoms with Crippen molar-refractivity contribution in [2.45, 2.75) is 18.2 Å². The highest BCUT2D eigenvalue weighted by Crippen LogP contribution is 2.33. The van der Waals surface area contributed by atoms with Gasteiger partial charge in [0.15, 0.2) is 5.17 Å². The molecule has 0 radical (unpaired) electrons. The van der Waals surface area contributed by atoms with Crippen molar-refractivity contribution in [1.82, 2.24) is 4.90 Å². The maximum Gasteiger partial charge on any atom is 0.243 e. The molecule has 4 rings (SSSR count). The molecule has 0 aliphatic carbocycles. The number of carbonyl (C=O) groups is 2. The quantitative estimate of drug-likeness (QED) is 0.580. The second kappa shape index (κ2) is 9.19. The summed E-state index contributed by atoms with van der Waals surface area (Å²) in [4.78, 5) is 31.7. The molecular weight excluding hydrogens is 422 g/mol. The number of nitrogens with one attached hydrogen (secondary N) is 1. The van der Waals surface area contributed by atoms with Crippen LogP contribution in [-0.4, -0.2) is 27.1 Å². The van der Waals surface area contributed by atoms with Gasteiger partial charge in [-0.3, -0.25) is 14.5 Å². The first-order chi connectivity index (χ1) is 14.6. The average Bonchev–Trinajstić information content (AvgIpc) is 3.35. The number of rotatable bonds is 6. The van der Waals surface area contributed by atoms with Gasteiger partial charge in [-0.25, -0.2) is 4.99 Å². The number of benzene rings is 2. The maximum absolute atomic E-state index is 13.1. The number of anilines is 1. The Hall–Kier alpha value is -3.03. The van der Waals surface area contributed by atoms with E-state index in [1.165, 1.54) is 11.8 Å². The normalized spacial score (nSPS) is 17.5. The molecule has 1 aliphatic rings. The summed E-state index contributed by atoms with van der Waals surface area (Å²) in [6, 6.07) is 19.8. The zero-order chi connectivity index (χ0) is 20.9. The summed E-state index contributed by atoms with van der Waals surface area (Å²) in [5, 5.41) is 3.40. The van der Waals surface area contributed by atoms with Crippen molar-refractivity contribution in [1.29, 1.82) is 0 Å². The van der Waals surface area contributed by atoms with Gasteiger partial charge < -0.3 is 9.73 Å². The van der Waals surface area contributed by atoms with Gasteiger partial charge in [0.2, 0.25) is 11.8 Å². The summed E-state index contributed by atoms with van der Waals surface area (Å²) in [5.74, 6) is 0.243. The van der Waals surface area contributed by atoms with Crippen molar-refractivity contribution in [3.63, 3.8) is 0 Å². The number of aliphatic imine (C=N–C) groups is 1. The van der Waals surface area contributed by atoms with Crippen molar-refractivity contribution in [2.75, 3.05) is 5.32 Å². The molecule has 2 heterocycles. The fraction of sp³-hybridized carbons (Fsp3) is 0.136. The number of carbonyl (C=O) groups excluding carboxylic acids is 2. The topological polar surface area (TPSA) is 74.9 Å². The fourth-order valence-electron chi connectivity index (χ4n) is 2.96. The zero-order valence-corrected chi connectivity index (χ0v) is 17.4. The predicted molar refractivity (Wildman–Crippen MR) is 119 cm³/mol. The lowest BCUT2D eigenvalue weighted by Crippen LogP contribution is -2.33. The molecule has 1 aromatic heterocycles. The first-order valence-corrected chi connectivity index (χ1v) is 10.5. The van der Waals surface area contributed by atoms with Gasteiger partial charge in [0, 0.05) is 17.1 Å². The largest absolute Gasteiger partial charge is 0.467 e. The molecule has 2 amide bonds. The minimum absolute atomic E-state index is 0.0483. The Kier molecular flexibility index (Phi) is 6.21. The SMILES string of the molecule is O=C(C[C@H]1SC(=Nc2ccc(Cl)cc2)N(Cc2ccco2)C1=O)Nc1ccccc1. The Balaban J connectivity index is 1.53. The van der Waals surface area contributed by atoms with Gasteiger partial charge in [-0.2, -0.15) is 0 Å². The van der Waals surface area contributed by atoms with E-state index < -0.39 is 5.25 Å². The first kappa shape index (κ1) is 20.3. The number of hydrogen-bond acceptors (Lipinski definition) is 5. The monoisotopic (exact) mass is 439 g/mol. The Morgan fingerprint density at radius 3 is 2.57 bits per heavy atom. The summed E-state index contributed by atoms with van der Waals surface area (Å²) in [5.41, 5.74) is 1.37. The van der Waals surface area contributed by atoms with Crippen molar-refractivity contribution in [3.8, 4) is 0 Å². The lowest BCUT2D eigenvalue weighted by atomic mass is 10.2. The first-order valence-electron chi connectivity index (χ1n) is 9.28. The lowest BCUT2D eigenvalue weighted by Gasteiger charge is -2.15. The molecule has 1 atom stereocenters. The van der Waals surface area contributed by atoms with Crippen molar-refractivity contribution >= 4 is 51.7 Å². The van der Waals surface area contributed by atoms with Crippen molar-refractivity contribution in [3.05, 3.63) is 83.8 Å². The molecule has 1 saturated heterocycles. The van der Waals surface area contributed by atoms with E-state index in [-0.39, 0.29) is 24.8 Å². The maximum atomic E-state index is 13.1. The molecule has 30 heavy (non-hydrogen) atoms. The Morgan fingerprint density at radius 1 is 1.10 bits per heavy atom. The van der Waals surface area contributed by atoms with Crippen molar-refractivity contribution in [2.24, 2.45) is 4.99 Å². The van der Waals surface area contributed by atoms with Crippen LogP contribution in [0.3, 0.4) is 0 Å². The molecule has 1 aliphatic heterocycles. The molecule has 152 valence electrons. The summed E-state index contributed by atoms with van der Waals surface area (Å²) >= 11 is 7.22. The molecular formula is C22H18ClN3O3S. The number of nitrogens with zero attached hydrogens (tertiary/aromatic N) is 2. The van der Waals surface area contributed by atoms with E-state index in [4.69, 9.17) is 16.0 Å². The van der Waals surface area contributed by atoms with Crippen LogP contribution in [-0.2, 0) is 16.1 Å². The van der Waals surface area contributed by atoms with Crippen LogP contribution in [0.25, 0.3) is 0 Å². The van der Waals surface area contributed by atoms with Crippen LogP contribution in [0.4, 0.5) is 11.4 Å². The average molecular weight is 440 g/mol. The van der Waals surface area contributed by atoms with Gasteiger partial charge in [0.1, 0.15) is 11.0 Å². The van der Waals surface area contributed by atoms with E-state index in [1.54, 1.807) is 59.7 Å². The van der Waals surface area contributed by atoms with E-state index in [0.717, 1.165) is 0 Å². The van der Waals surface area contributed by atoms with Gasteiger partial charge in [-0.05, 0) is 48.5 Å². The van der Waals surface area contributed by atoms with E-state index in [0.29, 0.717) is 27.3 Å².